The van der Waals surface area contributed by atoms with Crippen molar-refractivity contribution in [3.05, 3.63) is 30.1 Å². The largest absolute Gasteiger partial charge is 0.358 e. The van der Waals surface area contributed by atoms with Gasteiger partial charge < -0.3 is 9.88 Å². The van der Waals surface area contributed by atoms with Crippen LogP contribution in [0.3, 0.4) is 0 Å². The predicted octanol–water partition coefficient (Wildman–Crippen LogP) is 0.862. The van der Waals surface area contributed by atoms with E-state index >= 15 is 0 Å². The van der Waals surface area contributed by atoms with Crippen molar-refractivity contribution < 1.29 is 4.79 Å². The van der Waals surface area contributed by atoms with Crippen LogP contribution < -0.4 is 5.32 Å². The molecule has 4 nitrogen and oxygen atoms in total. The Bertz CT molecular complexity index is 476. The number of carbonyl (C=O) groups excluding carboxylic acids is 1. The fourth-order valence-corrected chi connectivity index (χ4v) is 1.66. The molecule has 0 unspecified atom stereocenters. The number of hydrogen-bond donors (Lipinski definition) is 1. The first kappa shape index (κ1) is 9.71. The van der Waals surface area contributed by atoms with Gasteiger partial charge in [0.1, 0.15) is 5.82 Å². The number of hydrogen-bond acceptors (Lipinski definition) is 2. The number of aryl methyl sites for hydroxylation is 1. The summed E-state index contributed by atoms with van der Waals surface area (Å²) in [5.74, 6) is 0.991. The molecular weight excluding hydrogens is 190 g/mol. The van der Waals surface area contributed by atoms with E-state index in [4.69, 9.17) is 0 Å². The average molecular weight is 203 g/mol. The maximum atomic E-state index is 10.1. The summed E-state index contributed by atoms with van der Waals surface area (Å²) in [6.45, 7) is 0.626. The van der Waals surface area contributed by atoms with Crippen LogP contribution in [0.1, 0.15) is 5.82 Å². The Hall–Kier alpha value is -1.84. The SMILES string of the molecule is Cn1c(CCNC=O)nc2ccccc21. The Labute approximate surface area is 87.9 Å². The number of nitrogens with zero attached hydrogens (tertiary/aromatic N) is 2. The second-order valence-electron chi connectivity index (χ2n) is 3.40. The predicted molar refractivity (Wildman–Crippen MR) is 58.5 cm³/mol. The highest BCUT2D eigenvalue weighted by Crippen LogP contribution is 2.13. The molecule has 0 radical (unpaired) electrons. The molecule has 0 bridgehead atoms. The highest BCUT2D eigenvalue weighted by Gasteiger charge is 2.05. The molecule has 0 saturated heterocycles. The molecule has 0 aliphatic carbocycles. The third kappa shape index (κ3) is 1.83. The Balaban J connectivity index is 2.27. The van der Waals surface area contributed by atoms with Gasteiger partial charge in [-0.1, -0.05) is 12.1 Å². The number of imidazole rings is 1. The zero-order chi connectivity index (χ0) is 10.7. The number of aromatic nitrogens is 2. The second kappa shape index (κ2) is 4.13. The minimum Gasteiger partial charge on any atom is -0.358 e. The van der Waals surface area contributed by atoms with Crippen molar-refractivity contribution in [1.29, 1.82) is 0 Å². The first-order valence-electron chi connectivity index (χ1n) is 4.90. The van der Waals surface area contributed by atoms with Crippen molar-refractivity contribution in [3.8, 4) is 0 Å². The monoisotopic (exact) mass is 203 g/mol. The molecule has 1 N–H and O–H groups in total. The molecule has 0 saturated carbocycles. The van der Waals surface area contributed by atoms with Crippen molar-refractivity contribution in [3.63, 3.8) is 0 Å². The molecule has 0 aliphatic rings. The first-order valence-corrected chi connectivity index (χ1v) is 4.90. The van der Waals surface area contributed by atoms with E-state index in [1.165, 1.54) is 0 Å². The van der Waals surface area contributed by atoms with Crippen LogP contribution in [-0.2, 0) is 18.3 Å². The van der Waals surface area contributed by atoms with Crippen LogP contribution in [0.5, 0.6) is 0 Å². The molecule has 0 atom stereocenters. The molecule has 2 aromatic rings. The van der Waals surface area contributed by atoms with Gasteiger partial charge in [-0.25, -0.2) is 4.98 Å². The van der Waals surface area contributed by atoms with E-state index < -0.39 is 0 Å². The van der Waals surface area contributed by atoms with Crippen LogP contribution in [0.2, 0.25) is 0 Å². The minimum absolute atomic E-state index is 0.626. The van der Waals surface area contributed by atoms with Crippen molar-refractivity contribution in [2.75, 3.05) is 6.54 Å². The number of para-hydroxylation sites is 2. The van der Waals surface area contributed by atoms with E-state index in [0.717, 1.165) is 23.3 Å². The molecule has 1 aromatic heterocycles. The Morgan fingerprint density at radius 3 is 3.00 bits per heavy atom. The lowest BCUT2D eigenvalue weighted by Crippen LogP contribution is -2.16. The first-order chi connectivity index (χ1) is 7.33. The molecule has 15 heavy (non-hydrogen) atoms. The smallest absolute Gasteiger partial charge is 0.207 e. The van der Waals surface area contributed by atoms with E-state index in [1.54, 1.807) is 0 Å². The Morgan fingerprint density at radius 1 is 1.47 bits per heavy atom. The van der Waals surface area contributed by atoms with Gasteiger partial charge in [0, 0.05) is 20.0 Å². The van der Waals surface area contributed by atoms with Gasteiger partial charge in [-0.05, 0) is 12.1 Å². The molecule has 0 aliphatic heterocycles. The van der Waals surface area contributed by atoms with Gasteiger partial charge >= 0.3 is 0 Å². The number of amides is 1. The van der Waals surface area contributed by atoms with Gasteiger partial charge in [0.15, 0.2) is 0 Å². The van der Waals surface area contributed by atoms with Gasteiger partial charge in [0.05, 0.1) is 11.0 Å². The maximum Gasteiger partial charge on any atom is 0.207 e. The van der Waals surface area contributed by atoms with Crippen molar-refractivity contribution in [2.45, 2.75) is 6.42 Å². The Morgan fingerprint density at radius 2 is 2.27 bits per heavy atom. The summed E-state index contributed by atoms with van der Waals surface area (Å²) < 4.78 is 2.06. The third-order valence-electron chi connectivity index (χ3n) is 2.46. The highest BCUT2D eigenvalue weighted by molar-refractivity contribution is 5.75. The van der Waals surface area contributed by atoms with E-state index in [2.05, 4.69) is 14.9 Å². The fourth-order valence-electron chi connectivity index (χ4n) is 1.66. The number of rotatable bonds is 4. The summed E-state index contributed by atoms with van der Waals surface area (Å²) in [6.07, 6.45) is 1.46. The zero-order valence-corrected chi connectivity index (χ0v) is 8.60. The molecule has 1 heterocycles. The molecule has 0 fully saturated rings. The summed E-state index contributed by atoms with van der Waals surface area (Å²) in [7, 11) is 1.99. The quantitative estimate of drug-likeness (QED) is 0.592. The molecular formula is C11H13N3O. The fraction of sp³-hybridized carbons (Fsp3) is 0.273. The normalized spacial score (nSPS) is 10.5. The number of benzene rings is 1. The summed E-state index contributed by atoms with van der Waals surface area (Å²) in [5.41, 5.74) is 2.12. The van der Waals surface area contributed by atoms with E-state index in [9.17, 15) is 4.79 Å². The summed E-state index contributed by atoms with van der Waals surface area (Å²) in [5, 5.41) is 2.63. The molecule has 1 aromatic carbocycles. The third-order valence-corrected chi connectivity index (χ3v) is 2.46. The summed E-state index contributed by atoms with van der Waals surface area (Å²) in [6, 6.07) is 8.01. The van der Waals surface area contributed by atoms with Gasteiger partial charge in [-0.3, -0.25) is 4.79 Å². The van der Waals surface area contributed by atoms with Crippen LogP contribution in [0, 0.1) is 0 Å². The molecule has 1 amide bonds. The van der Waals surface area contributed by atoms with Gasteiger partial charge in [-0.15, -0.1) is 0 Å². The summed E-state index contributed by atoms with van der Waals surface area (Å²) in [4.78, 5) is 14.6. The maximum absolute atomic E-state index is 10.1. The number of nitrogens with one attached hydrogen (secondary N) is 1. The van der Waals surface area contributed by atoms with Crippen molar-refractivity contribution >= 4 is 17.4 Å². The summed E-state index contributed by atoms with van der Waals surface area (Å²) >= 11 is 0. The number of fused-ring (bicyclic) bond motifs is 1. The Kier molecular flexibility index (Phi) is 2.67. The van der Waals surface area contributed by atoms with E-state index in [1.807, 2.05) is 31.3 Å². The zero-order valence-electron chi connectivity index (χ0n) is 8.60. The second-order valence-corrected chi connectivity index (χ2v) is 3.40. The minimum atomic E-state index is 0.626. The molecule has 0 spiro atoms. The van der Waals surface area contributed by atoms with Gasteiger partial charge in [0.2, 0.25) is 6.41 Å². The lowest BCUT2D eigenvalue weighted by atomic mass is 10.3. The molecule has 78 valence electrons. The van der Waals surface area contributed by atoms with E-state index in [0.29, 0.717) is 13.0 Å². The lowest BCUT2D eigenvalue weighted by molar-refractivity contribution is -0.109. The van der Waals surface area contributed by atoms with Crippen LogP contribution in [0.25, 0.3) is 11.0 Å². The van der Waals surface area contributed by atoms with Gasteiger partial charge in [-0.2, -0.15) is 0 Å². The van der Waals surface area contributed by atoms with Crippen LogP contribution in [0.15, 0.2) is 24.3 Å². The lowest BCUT2D eigenvalue weighted by Gasteiger charge is -2.00. The van der Waals surface area contributed by atoms with Crippen molar-refractivity contribution in [1.82, 2.24) is 14.9 Å². The van der Waals surface area contributed by atoms with Crippen LogP contribution in [0.4, 0.5) is 0 Å². The van der Waals surface area contributed by atoms with E-state index in [-0.39, 0.29) is 0 Å². The number of carbonyl (C=O) groups is 1. The topological polar surface area (TPSA) is 46.9 Å². The van der Waals surface area contributed by atoms with Crippen LogP contribution >= 0.6 is 0 Å². The average Bonchev–Trinajstić information content (AvgIpc) is 2.57. The molecule has 4 heteroatoms. The molecule has 2 rings (SSSR count). The van der Waals surface area contributed by atoms with Crippen LogP contribution in [-0.4, -0.2) is 22.5 Å². The highest BCUT2D eigenvalue weighted by atomic mass is 16.1. The van der Waals surface area contributed by atoms with Gasteiger partial charge in [0.25, 0.3) is 0 Å². The van der Waals surface area contributed by atoms with Crippen molar-refractivity contribution in [2.24, 2.45) is 7.05 Å². The standard InChI is InChI=1S/C11H13N3O/c1-14-10-5-3-2-4-9(10)13-11(14)6-7-12-8-15/h2-5,8H,6-7H2,1H3,(H,12,15).